The summed E-state index contributed by atoms with van der Waals surface area (Å²) in [5.41, 5.74) is 2.10. The summed E-state index contributed by atoms with van der Waals surface area (Å²) in [6.07, 6.45) is 2.73. The Morgan fingerprint density at radius 1 is 1.33 bits per heavy atom. The summed E-state index contributed by atoms with van der Waals surface area (Å²) in [5.74, 6) is 0.624. The number of amides is 1. The van der Waals surface area contributed by atoms with Gasteiger partial charge in [-0.25, -0.2) is 4.98 Å². The number of nitrogens with zero attached hydrogens (tertiary/aromatic N) is 3. The number of aromatic nitrogens is 4. The van der Waals surface area contributed by atoms with Gasteiger partial charge in [-0.05, 0) is 41.7 Å². The van der Waals surface area contributed by atoms with Crippen LogP contribution in [0.2, 0.25) is 5.02 Å². The second-order valence-electron chi connectivity index (χ2n) is 6.64. The van der Waals surface area contributed by atoms with E-state index in [-0.39, 0.29) is 12.3 Å². The van der Waals surface area contributed by atoms with Crippen LogP contribution in [0.5, 0.6) is 0 Å². The molecule has 0 radical (unpaired) electrons. The molecule has 0 saturated carbocycles. The standard InChI is InChI=1S/C20H18ClN5OS3/c1-12-4-2-5-13(17(12)21)10-14-11-22-19(30-14)23-16(27)7-8-26-18(24-25-20(26)28)15-6-3-9-29-15/h2-6,9,11H,7-8,10H2,1H3,(H,25,28)(H,22,23,27). The SMILES string of the molecule is Cc1cccc(Cc2cnc(NC(=O)CCn3c(-c4cccs4)n[nH]c3=S)s2)c1Cl. The molecule has 0 atom stereocenters. The molecule has 2 N–H and O–H groups in total. The third-order valence-corrected chi connectivity index (χ3v) is 7.13. The van der Waals surface area contributed by atoms with E-state index >= 15 is 0 Å². The van der Waals surface area contributed by atoms with Crippen molar-refractivity contribution >= 4 is 57.5 Å². The molecule has 6 nitrogen and oxygen atoms in total. The summed E-state index contributed by atoms with van der Waals surface area (Å²) < 4.78 is 2.34. The van der Waals surface area contributed by atoms with Gasteiger partial charge in [0, 0.05) is 35.5 Å². The smallest absolute Gasteiger partial charge is 0.227 e. The van der Waals surface area contributed by atoms with Gasteiger partial charge in [-0.3, -0.25) is 14.5 Å². The molecule has 0 aliphatic rings. The molecule has 4 rings (SSSR count). The first kappa shape index (κ1) is 20.9. The number of carbonyl (C=O) groups excluding carboxylic acids is 1. The van der Waals surface area contributed by atoms with Crippen molar-refractivity contribution in [3.63, 3.8) is 0 Å². The molecule has 1 aromatic carbocycles. The number of carbonyl (C=O) groups is 1. The summed E-state index contributed by atoms with van der Waals surface area (Å²) in [6, 6.07) is 9.92. The van der Waals surface area contributed by atoms with E-state index in [0.29, 0.717) is 22.9 Å². The van der Waals surface area contributed by atoms with Crippen molar-refractivity contribution in [3.05, 3.63) is 67.7 Å². The summed E-state index contributed by atoms with van der Waals surface area (Å²) in [6.45, 7) is 2.42. The number of thiazole rings is 1. The number of anilines is 1. The first-order valence-corrected chi connectivity index (χ1v) is 11.7. The highest BCUT2D eigenvalue weighted by atomic mass is 35.5. The number of hydrogen-bond donors (Lipinski definition) is 2. The zero-order chi connectivity index (χ0) is 21.1. The first-order valence-electron chi connectivity index (χ1n) is 9.19. The van der Waals surface area contributed by atoms with Crippen LogP contribution in [-0.4, -0.2) is 25.7 Å². The van der Waals surface area contributed by atoms with Gasteiger partial charge in [-0.1, -0.05) is 35.9 Å². The molecule has 154 valence electrons. The van der Waals surface area contributed by atoms with E-state index < -0.39 is 0 Å². The van der Waals surface area contributed by atoms with Crippen LogP contribution < -0.4 is 5.32 Å². The molecule has 3 heterocycles. The summed E-state index contributed by atoms with van der Waals surface area (Å²) in [4.78, 5) is 18.8. The van der Waals surface area contributed by atoms with Crippen molar-refractivity contribution < 1.29 is 4.79 Å². The fourth-order valence-corrected chi connectivity index (χ4v) is 4.98. The maximum absolute atomic E-state index is 12.4. The lowest BCUT2D eigenvalue weighted by atomic mass is 10.1. The van der Waals surface area contributed by atoms with Gasteiger partial charge in [-0.15, -0.1) is 22.7 Å². The van der Waals surface area contributed by atoms with Gasteiger partial charge < -0.3 is 5.32 Å². The van der Waals surface area contributed by atoms with Crippen LogP contribution >= 0.6 is 46.5 Å². The van der Waals surface area contributed by atoms with Crippen molar-refractivity contribution in [1.29, 1.82) is 0 Å². The zero-order valence-corrected chi connectivity index (χ0v) is 19.2. The van der Waals surface area contributed by atoms with E-state index in [1.165, 1.54) is 11.3 Å². The summed E-state index contributed by atoms with van der Waals surface area (Å²) in [5, 5.41) is 13.3. The molecule has 0 fully saturated rings. The number of benzene rings is 1. The lowest BCUT2D eigenvalue weighted by Crippen LogP contribution is -2.14. The van der Waals surface area contributed by atoms with Crippen LogP contribution in [0.15, 0.2) is 41.9 Å². The van der Waals surface area contributed by atoms with Crippen molar-refractivity contribution in [2.24, 2.45) is 0 Å². The Hall–Kier alpha value is -2.33. The minimum absolute atomic E-state index is 0.121. The molecule has 30 heavy (non-hydrogen) atoms. The fraction of sp³-hybridized carbons (Fsp3) is 0.200. The predicted octanol–water partition coefficient (Wildman–Crippen LogP) is 5.71. The number of hydrogen-bond acceptors (Lipinski definition) is 6. The molecule has 0 spiro atoms. The Labute approximate surface area is 191 Å². The Balaban J connectivity index is 1.37. The number of H-pyrrole nitrogens is 1. The molecule has 3 aromatic heterocycles. The molecule has 0 aliphatic carbocycles. The van der Waals surface area contributed by atoms with Crippen molar-refractivity contribution in [3.8, 4) is 10.7 Å². The Kier molecular flexibility index (Phi) is 6.43. The predicted molar refractivity (Wildman–Crippen MR) is 125 cm³/mol. The minimum atomic E-state index is -0.121. The number of thiophene rings is 1. The monoisotopic (exact) mass is 475 g/mol. The zero-order valence-electron chi connectivity index (χ0n) is 16.0. The van der Waals surface area contributed by atoms with Gasteiger partial charge >= 0.3 is 0 Å². The van der Waals surface area contributed by atoms with E-state index in [4.69, 9.17) is 23.8 Å². The molecule has 0 unspecified atom stereocenters. The largest absolute Gasteiger partial charge is 0.302 e. The van der Waals surface area contributed by atoms with E-state index in [1.807, 2.05) is 47.2 Å². The Morgan fingerprint density at radius 2 is 2.20 bits per heavy atom. The number of rotatable bonds is 7. The highest BCUT2D eigenvalue weighted by molar-refractivity contribution is 7.71. The first-order chi connectivity index (χ1) is 14.5. The maximum atomic E-state index is 12.4. The summed E-state index contributed by atoms with van der Waals surface area (Å²) >= 11 is 14.7. The number of halogens is 1. The lowest BCUT2D eigenvalue weighted by Gasteiger charge is -2.06. The average Bonchev–Trinajstić information content (AvgIpc) is 3.46. The second-order valence-corrected chi connectivity index (χ2v) is 9.46. The van der Waals surface area contributed by atoms with Crippen LogP contribution in [-0.2, 0) is 17.8 Å². The number of nitrogens with one attached hydrogen (secondary N) is 2. The van der Waals surface area contributed by atoms with Crippen molar-refractivity contribution in [2.75, 3.05) is 5.32 Å². The molecule has 4 aromatic rings. The normalized spacial score (nSPS) is 11.0. The number of aromatic amines is 1. The van der Waals surface area contributed by atoms with E-state index in [0.717, 1.165) is 31.7 Å². The number of aryl methyl sites for hydroxylation is 1. The van der Waals surface area contributed by atoms with E-state index in [9.17, 15) is 4.79 Å². The minimum Gasteiger partial charge on any atom is -0.302 e. The van der Waals surface area contributed by atoms with E-state index in [2.05, 4.69) is 20.5 Å². The molecule has 10 heteroatoms. The summed E-state index contributed by atoms with van der Waals surface area (Å²) in [7, 11) is 0. The van der Waals surface area contributed by atoms with Crippen LogP contribution in [0.1, 0.15) is 22.4 Å². The van der Waals surface area contributed by atoms with Crippen molar-refractivity contribution in [2.45, 2.75) is 26.3 Å². The van der Waals surface area contributed by atoms with Crippen LogP contribution in [0.4, 0.5) is 5.13 Å². The quantitative estimate of drug-likeness (QED) is 0.336. The van der Waals surface area contributed by atoms with Gasteiger partial charge in [0.15, 0.2) is 15.7 Å². The van der Waals surface area contributed by atoms with Crippen molar-refractivity contribution in [1.82, 2.24) is 19.7 Å². The van der Waals surface area contributed by atoms with Crippen LogP contribution in [0, 0.1) is 11.7 Å². The van der Waals surface area contributed by atoms with Gasteiger partial charge in [0.25, 0.3) is 0 Å². The van der Waals surface area contributed by atoms with Crippen LogP contribution in [0.25, 0.3) is 10.7 Å². The molecular weight excluding hydrogens is 458 g/mol. The Bertz CT molecular complexity index is 1230. The second kappa shape index (κ2) is 9.22. The molecule has 1 amide bonds. The molecule has 0 aliphatic heterocycles. The van der Waals surface area contributed by atoms with Crippen LogP contribution in [0.3, 0.4) is 0 Å². The molecular formula is C20H18ClN5OS3. The highest BCUT2D eigenvalue weighted by Gasteiger charge is 2.13. The molecule has 0 bridgehead atoms. The maximum Gasteiger partial charge on any atom is 0.227 e. The van der Waals surface area contributed by atoms with Gasteiger partial charge in [-0.2, -0.15) is 5.10 Å². The lowest BCUT2D eigenvalue weighted by molar-refractivity contribution is -0.116. The third-order valence-electron chi connectivity index (χ3n) is 4.50. The average molecular weight is 476 g/mol. The highest BCUT2D eigenvalue weighted by Crippen LogP contribution is 2.27. The molecule has 0 saturated heterocycles. The van der Waals surface area contributed by atoms with Gasteiger partial charge in [0.1, 0.15) is 0 Å². The topological polar surface area (TPSA) is 75.6 Å². The fourth-order valence-electron chi connectivity index (χ4n) is 2.99. The third kappa shape index (κ3) is 4.70. The Morgan fingerprint density at radius 3 is 3.00 bits per heavy atom. The van der Waals surface area contributed by atoms with E-state index in [1.54, 1.807) is 17.5 Å². The van der Waals surface area contributed by atoms with Gasteiger partial charge in [0.05, 0.1) is 4.88 Å². The van der Waals surface area contributed by atoms with Gasteiger partial charge in [0.2, 0.25) is 5.91 Å².